The largest absolute Gasteiger partial charge is 0.343 e. The Hall–Kier alpha value is -2.98. The lowest BCUT2D eigenvalue weighted by atomic mass is 9.89. The summed E-state index contributed by atoms with van der Waals surface area (Å²) in [6, 6.07) is 5.63. The number of aryl methyl sites for hydroxylation is 1. The second kappa shape index (κ2) is 10.2. The molecule has 10 heteroatoms. The van der Waals surface area contributed by atoms with Crippen LogP contribution in [0.3, 0.4) is 0 Å². The maximum atomic E-state index is 13.0. The van der Waals surface area contributed by atoms with Crippen molar-refractivity contribution in [2.45, 2.75) is 62.9 Å². The maximum Gasteiger partial charge on any atom is 0.329 e. The van der Waals surface area contributed by atoms with Crippen LogP contribution in [0.15, 0.2) is 23.0 Å². The first kappa shape index (κ1) is 24.7. The number of benzene rings is 1. The second-order valence-electron chi connectivity index (χ2n) is 10.5. The number of hydrogen-bond acceptors (Lipinski definition) is 6. The number of nitrogens with two attached hydrogens (primary N) is 1. The van der Waals surface area contributed by atoms with Crippen molar-refractivity contribution in [1.29, 1.82) is 0 Å². The van der Waals surface area contributed by atoms with Gasteiger partial charge in [0, 0.05) is 45.6 Å². The van der Waals surface area contributed by atoms with Gasteiger partial charge in [0.2, 0.25) is 17.7 Å². The smallest absolute Gasteiger partial charge is 0.329 e. The number of piperidine rings is 3. The van der Waals surface area contributed by atoms with Gasteiger partial charge in [-0.15, -0.1) is 0 Å². The van der Waals surface area contributed by atoms with E-state index >= 15 is 0 Å². The summed E-state index contributed by atoms with van der Waals surface area (Å²) in [5.74, 6) is -0.0895. The van der Waals surface area contributed by atoms with E-state index in [1.165, 1.54) is 10.1 Å². The highest BCUT2D eigenvalue weighted by atomic mass is 16.2. The van der Waals surface area contributed by atoms with Gasteiger partial charge in [-0.2, -0.15) is 0 Å². The van der Waals surface area contributed by atoms with Gasteiger partial charge >= 0.3 is 5.69 Å². The van der Waals surface area contributed by atoms with Crippen LogP contribution in [0.2, 0.25) is 0 Å². The van der Waals surface area contributed by atoms with E-state index in [1.54, 1.807) is 11.6 Å². The molecule has 0 saturated carbocycles. The van der Waals surface area contributed by atoms with Crippen LogP contribution in [-0.2, 0) is 21.4 Å². The lowest BCUT2D eigenvalue weighted by molar-refractivity contribution is -0.136. The minimum absolute atomic E-state index is 0.228. The van der Waals surface area contributed by atoms with Crippen molar-refractivity contribution in [3.63, 3.8) is 0 Å². The van der Waals surface area contributed by atoms with E-state index in [1.807, 2.05) is 11.0 Å². The number of likely N-dealkylation sites (tertiary alicyclic amines) is 2. The van der Waals surface area contributed by atoms with Crippen molar-refractivity contribution >= 4 is 28.8 Å². The number of carbonyl (C=O) groups excluding carboxylic acids is 3. The average molecular weight is 497 g/mol. The molecule has 4 heterocycles. The molecule has 3 N–H and O–H groups in total. The van der Waals surface area contributed by atoms with E-state index in [9.17, 15) is 19.2 Å². The third-order valence-electron chi connectivity index (χ3n) is 8.23. The molecule has 1 aromatic heterocycles. The summed E-state index contributed by atoms with van der Waals surface area (Å²) in [6.45, 7) is 4.22. The third kappa shape index (κ3) is 4.84. The van der Waals surface area contributed by atoms with Gasteiger partial charge in [-0.1, -0.05) is 6.07 Å². The summed E-state index contributed by atoms with van der Waals surface area (Å²) in [6.07, 6.45) is 4.90. The van der Waals surface area contributed by atoms with Crippen molar-refractivity contribution in [3.8, 4) is 0 Å². The van der Waals surface area contributed by atoms with Crippen LogP contribution in [0.25, 0.3) is 11.0 Å². The maximum absolute atomic E-state index is 13.0. The van der Waals surface area contributed by atoms with E-state index in [2.05, 4.69) is 22.3 Å². The Morgan fingerprint density at radius 2 is 1.72 bits per heavy atom. The molecule has 0 spiro atoms. The molecule has 0 bridgehead atoms. The molecule has 0 aliphatic carbocycles. The lowest BCUT2D eigenvalue weighted by Crippen LogP contribution is -2.44. The van der Waals surface area contributed by atoms with Crippen molar-refractivity contribution in [2.24, 2.45) is 12.8 Å². The highest BCUT2D eigenvalue weighted by molar-refractivity contribution is 6.00. The summed E-state index contributed by atoms with van der Waals surface area (Å²) in [7, 11) is 1.73. The molecule has 1 unspecified atom stereocenters. The normalized spacial score (nSPS) is 22.8. The number of nitrogens with one attached hydrogen (secondary N) is 1. The van der Waals surface area contributed by atoms with Gasteiger partial charge in [0.1, 0.15) is 6.04 Å². The van der Waals surface area contributed by atoms with Gasteiger partial charge in [-0.05, 0) is 68.8 Å². The number of imide groups is 1. The molecule has 3 aliphatic rings. The van der Waals surface area contributed by atoms with Crippen molar-refractivity contribution < 1.29 is 14.4 Å². The minimum Gasteiger partial charge on any atom is -0.343 e. The third-order valence-corrected chi connectivity index (χ3v) is 8.23. The Balaban J connectivity index is 1.21. The molecule has 36 heavy (non-hydrogen) atoms. The highest BCUT2D eigenvalue weighted by Crippen LogP contribution is 2.31. The fraction of sp³-hybridized carbons (Fsp3) is 0.615. The Labute approximate surface area is 210 Å². The van der Waals surface area contributed by atoms with E-state index in [-0.39, 0.29) is 30.0 Å². The minimum atomic E-state index is -0.669. The summed E-state index contributed by atoms with van der Waals surface area (Å²) in [4.78, 5) is 53.9. The number of hydrogen-bond donors (Lipinski definition) is 2. The highest BCUT2D eigenvalue weighted by Gasteiger charge is 2.31. The fourth-order valence-corrected chi connectivity index (χ4v) is 5.91. The van der Waals surface area contributed by atoms with Gasteiger partial charge in [0.15, 0.2) is 0 Å². The first-order chi connectivity index (χ1) is 17.3. The Morgan fingerprint density at radius 3 is 2.42 bits per heavy atom. The van der Waals surface area contributed by atoms with Gasteiger partial charge in [-0.25, -0.2) is 4.79 Å². The van der Waals surface area contributed by atoms with Crippen LogP contribution in [0.1, 0.15) is 62.5 Å². The fourth-order valence-electron chi connectivity index (χ4n) is 5.91. The van der Waals surface area contributed by atoms with E-state index < -0.39 is 11.9 Å². The lowest BCUT2D eigenvalue weighted by Gasteiger charge is -2.34. The van der Waals surface area contributed by atoms with Crippen LogP contribution in [0.4, 0.5) is 0 Å². The van der Waals surface area contributed by atoms with Gasteiger partial charge in [0.25, 0.3) is 0 Å². The molecule has 3 saturated heterocycles. The Bertz CT molecular complexity index is 1220. The molecular formula is C26H36N6O4. The number of carbonyl (C=O) groups is 3. The molecule has 194 valence electrons. The number of amides is 3. The number of rotatable bonds is 5. The first-order valence-corrected chi connectivity index (χ1v) is 13.1. The van der Waals surface area contributed by atoms with Crippen molar-refractivity contribution in [1.82, 2.24) is 24.3 Å². The van der Waals surface area contributed by atoms with E-state index in [4.69, 9.17) is 5.73 Å². The number of imidazole rings is 1. The molecule has 3 amide bonds. The molecule has 0 radical (unpaired) electrons. The van der Waals surface area contributed by atoms with E-state index in [0.29, 0.717) is 18.8 Å². The van der Waals surface area contributed by atoms with Crippen LogP contribution in [0, 0.1) is 0 Å². The van der Waals surface area contributed by atoms with E-state index in [0.717, 1.165) is 69.4 Å². The van der Waals surface area contributed by atoms with Gasteiger partial charge in [-0.3, -0.25) is 28.8 Å². The summed E-state index contributed by atoms with van der Waals surface area (Å²) in [5, 5.41) is 2.35. The molecule has 5 rings (SSSR count). The summed E-state index contributed by atoms with van der Waals surface area (Å²) < 4.78 is 3.12. The molecule has 1 aromatic carbocycles. The van der Waals surface area contributed by atoms with Crippen LogP contribution >= 0.6 is 0 Å². The van der Waals surface area contributed by atoms with Crippen molar-refractivity contribution in [3.05, 3.63) is 34.2 Å². The SMILES string of the molecule is Cn1c(=O)n(C2CCC(=O)NC2=O)c2ccc(C3CCN(CCC(=O)N4CCC(N)CC4)CC3)cc21. The summed E-state index contributed by atoms with van der Waals surface area (Å²) >= 11 is 0. The quantitative estimate of drug-likeness (QED) is 0.592. The summed E-state index contributed by atoms with van der Waals surface area (Å²) in [5.41, 5.74) is 8.42. The number of aromatic nitrogens is 2. The zero-order chi connectivity index (χ0) is 25.4. The van der Waals surface area contributed by atoms with Gasteiger partial charge < -0.3 is 15.5 Å². The van der Waals surface area contributed by atoms with Crippen LogP contribution < -0.4 is 16.7 Å². The number of fused-ring (bicyclic) bond motifs is 1. The molecule has 1 atom stereocenters. The molecule has 10 nitrogen and oxygen atoms in total. The second-order valence-corrected chi connectivity index (χ2v) is 10.5. The number of nitrogens with zero attached hydrogens (tertiary/aromatic N) is 4. The van der Waals surface area contributed by atoms with Crippen LogP contribution in [-0.4, -0.2) is 75.4 Å². The predicted octanol–water partition coefficient (Wildman–Crippen LogP) is 0.837. The average Bonchev–Trinajstić information content (AvgIpc) is 3.12. The zero-order valence-corrected chi connectivity index (χ0v) is 20.9. The first-order valence-electron chi connectivity index (χ1n) is 13.1. The standard InChI is InChI=1S/C26H36N6O4/c1-29-22-16-18(2-3-20(22)32(26(29)36)21-4-5-23(33)28-25(21)35)17-6-11-30(12-7-17)13-10-24(34)31-14-8-19(27)9-15-31/h2-3,16-17,19,21H,4-15,27H2,1H3,(H,28,33,35). The molecule has 3 aliphatic heterocycles. The molecule has 2 aromatic rings. The monoisotopic (exact) mass is 496 g/mol. The topological polar surface area (TPSA) is 123 Å². The molecular weight excluding hydrogens is 460 g/mol. The Morgan fingerprint density at radius 1 is 1.00 bits per heavy atom. The van der Waals surface area contributed by atoms with Crippen molar-refractivity contribution in [2.75, 3.05) is 32.7 Å². The van der Waals surface area contributed by atoms with Gasteiger partial charge in [0.05, 0.1) is 11.0 Å². The zero-order valence-electron chi connectivity index (χ0n) is 20.9. The van der Waals surface area contributed by atoms with Crippen LogP contribution in [0.5, 0.6) is 0 Å². The molecule has 3 fully saturated rings. The Kier molecular flexibility index (Phi) is 6.98. The predicted molar refractivity (Wildman–Crippen MR) is 135 cm³/mol.